The van der Waals surface area contributed by atoms with Crippen molar-refractivity contribution in [2.24, 2.45) is 0 Å². The number of piperidine rings is 2. The molecule has 3 fully saturated rings. The van der Waals surface area contributed by atoms with Crippen molar-refractivity contribution >= 4 is 58.1 Å². The van der Waals surface area contributed by atoms with Crippen LogP contribution in [0.25, 0.3) is 0 Å². The zero-order chi connectivity index (χ0) is 23.1. The third kappa shape index (κ3) is 4.00. The quantitative estimate of drug-likeness (QED) is 0.668. The normalized spacial score (nSPS) is 23.2. The maximum atomic E-state index is 13.4. The van der Waals surface area contributed by atoms with Crippen molar-refractivity contribution in [1.29, 1.82) is 0 Å². The molecule has 0 bridgehead atoms. The zero-order valence-electron chi connectivity index (χ0n) is 17.8. The third-order valence-corrected chi connectivity index (χ3v) is 7.63. The number of anilines is 2. The topological polar surface area (TPSA) is 90.0 Å². The molecular formula is C23H23ClN4O4S. The number of fused-ring (bicyclic) bond motifs is 1. The van der Waals surface area contributed by atoms with Gasteiger partial charge in [-0.05, 0) is 62.1 Å². The van der Waals surface area contributed by atoms with E-state index in [1.165, 1.54) is 16.2 Å². The van der Waals surface area contributed by atoms with Crippen molar-refractivity contribution < 1.29 is 19.2 Å². The molecule has 33 heavy (non-hydrogen) atoms. The minimum absolute atomic E-state index is 0.0880. The summed E-state index contributed by atoms with van der Waals surface area (Å²) < 4.78 is 0.512. The second-order valence-corrected chi connectivity index (χ2v) is 10.2. The average Bonchev–Trinajstić information content (AvgIpc) is 3.36. The highest BCUT2D eigenvalue weighted by atomic mass is 35.5. The second-order valence-electron chi connectivity index (χ2n) is 8.44. The molecule has 5 amide bonds. The van der Waals surface area contributed by atoms with Crippen LogP contribution in [0, 0.1) is 0 Å². The van der Waals surface area contributed by atoms with Crippen molar-refractivity contribution in [3.8, 4) is 0 Å². The molecule has 172 valence electrons. The van der Waals surface area contributed by atoms with Gasteiger partial charge in [0, 0.05) is 25.2 Å². The molecule has 0 saturated carbocycles. The van der Waals surface area contributed by atoms with E-state index in [2.05, 4.69) is 5.32 Å². The number of nitrogens with one attached hydrogen (secondary N) is 1. The molecule has 5 rings (SSSR count). The highest BCUT2D eigenvalue weighted by Crippen LogP contribution is 2.33. The van der Waals surface area contributed by atoms with Crippen molar-refractivity contribution in [3.05, 3.63) is 45.6 Å². The largest absolute Gasteiger partial charge is 0.346 e. The van der Waals surface area contributed by atoms with Gasteiger partial charge in [-0.1, -0.05) is 11.6 Å². The van der Waals surface area contributed by atoms with Crippen molar-refractivity contribution in [2.75, 3.05) is 22.9 Å². The Hall–Kier alpha value is -2.91. The molecule has 3 saturated heterocycles. The lowest BCUT2D eigenvalue weighted by molar-refractivity contribution is -0.121. The number of hydrogen-bond donors (Lipinski definition) is 1. The maximum Gasteiger partial charge on any atom is 0.332 e. The highest BCUT2D eigenvalue weighted by Gasteiger charge is 2.51. The standard InChI is InChI=1S/C23H23ClN4O4S/c24-18-11-10-17(33-18)21(30)25-16-4-3-13-27-20(16)22(31)28(23(27)32)15-8-6-14(7-9-15)26-12-2-1-5-19(26)29/h6-11,16,20H,1-5,12-13H2,(H,25,30)/t16-,20+/m1/s1. The first kappa shape index (κ1) is 21.9. The first-order valence-corrected chi connectivity index (χ1v) is 12.2. The lowest BCUT2D eigenvalue weighted by atomic mass is 9.96. The lowest BCUT2D eigenvalue weighted by Gasteiger charge is -2.34. The number of halogens is 1. The van der Waals surface area contributed by atoms with Crippen LogP contribution in [-0.2, 0) is 9.59 Å². The molecular weight excluding hydrogens is 464 g/mol. The summed E-state index contributed by atoms with van der Waals surface area (Å²) in [5.74, 6) is -0.561. The number of rotatable bonds is 4. The maximum absolute atomic E-state index is 13.4. The molecule has 3 aliphatic rings. The van der Waals surface area contributed by atoms with Gasteiger partial charge in [0.1, 0.15) is 6.04 Å². The Morgan fingerprint density at radius 1 is 0.970 bits per heavy atom. The lowest BCUT2D eigenvalue weighted by Crippen LogP contribution is -2.55. The molecule has 1 N–H and O–H groups in total. The number of thiophene rings is 1. The first-order chi connectivity index (χ1) is 15.9. The van der Waals surface area contributed by atoms with Crippen LogP contribution in [0.3, 0.4) is 0 Å². The summed E-state index contributed by atoms with van der Waals surface area (Å²) in [7, 11) is 0. The van der Waals surface area contributed by atoms with Crippen LogP contribution in [0.15, 0.2) is 36.4 Å². The molecule has 8 nitrogen and oxygen atoms in total. The van der Waals surface area contributed by atoms with Gasteiger partial charge >= 0.3 is 6.03 Å². The van der Waals surface area contributed by atoms with Crippen LogP contribution < -0.4 is 15.1 Å². The van der Waals surface area contributed by atoms with Crippen LogP contribution in [0.5, 0.6) is 0 Å². The van der Waals surface area contributed by atoms with Gasteiger partial charge in [-0.2, -0.15) is 0 Å². The van der Waals surface area contributed by atoms with Crippen LogP contribution >= 0.6 is 22.9 Å². The third-order valence-electron chi connectivity index (χ3n) is 6.40. The van der Waals surface area contributed by atoms with Gasteiger partial charge in [-0.3, -0.25) is 14.4 Å². The molecule has 0 spiro atoms. The van der Waals surface area contributed by atoms with Gasteiger partial charge in [0.05, 0.1) is 20.9 Å². The average molecular weight is 487 g/mol. The van der Waals surface area contributed by atoms with E-state index in [1.807, 2.05) is 0 Å². The Labute approximate surface area is 200 Å². The van der Waals surface area contributed by atoms with Crippen LogP contribution in [0.4, 0.5) is 16.2 Å². The van der Waals surface area contributed by atoms with E-state index in [0.717, 1.165) is 18.5 Å². The SMILES string of the molecule is O=C(N[C@@H]1CCCN2C(=O)N(c3ccc(N4CCCCC4=O)cc3)C(=O)[C@H]12)c1ccc(Cl)s1. The molecule has 3 aliphatic heterocycles. The van der Waals surface area contributed by atoms with E-state index in [0.29, 0.717) is 47.3 Å². The van der Waals surface area contributed by atoms with E-state index in [9.17, 15) is 19.2 Å². The Morgan fingerprint density at radius 3 is 2.42 bits per heavy atom. The van der Waals surface area contributed by atoms with E-state index in [-0.39, 0.29) is 23.8 Å². The van der Waals surface area contributed by atoms with E-state index in [4.69, 9.17) is 11.6 Å². The monoisotopic (exact) mass is 486 g/mol. The van der Waals surface area contributed by atoms with Gasteiger partial charge < -0.3 is 15.1 Å². The minimum Gasteiger partial charge on any atom is -0.346 e. The summed E-state index contributed by atoms with van der Waals surface area (Å²) in [5.41, 5.74) is 1.22. The summed E-state index contributed by atoms with van der Waals surface area (Å²) in [6.45, 7) is 1.13. The molecule has 4 heterocycles. The molecule has 2 atom stereocenters. The number of hydrogen-bond acceptors (Lipinski definition) is 5. The summed E-state index contributed by atoms with van der Waals surface area (Å²) in [6.07, 6.45) is 3.69. The van der Waals surface area contributed by atoms with E-state index < -0.39 is 12.1 Å². The van der Waals surface area contributed by atoms with E-state index >= 15 is 0 Å². The van der Waals surface area contributed by atoms with Gasteiger partial charge in [-0.25, -0.2) is 9.69 Å². The van der Waals surface area contributed by atoms with Crippen LogP contribution in [0.1, 0.15) is 41.8 Å². The van der Waals surface area contributed by atoms with Gasteiger partial charge in [-0.15, -0.1) is 11.3 Å². The number of carbonyl (C=O) groups is 4. The molecule has 0 radical (unpaired) electrons. The van der Waals surface area contributed by atoms with Crippen molar-refractivity contribution in [3.63, 3.8) is 0 Å². The molecule has 0 aliphatic carbocycles. The second kappa shape index (κ2) is 8.79. The zero-order valence-corrected chi connectivity index (χ0v) is 19.4. The fourth-order valence-corrected chi connectivity index (χ4v) is 5.74. The van der Waals surface area contributed by atoms with Gasteiger partial charge in [0.25, 0.3) is 11.8 Å². The smallest absolute Gasteiger partial charge is 0.332 e. The Bertz CT molecular complexity index is 1120. The van der Waals surface area contributed by atoms with Crippen molar-refractivity contribution in [2.45, 2.75) is 44.2 Å². The molecule has 1 aromatic carbocycles. The summed E-state index contributed by atoms with van der Waals surface area (Å²) in [5, 5.41) is 2.93. The van der Waals surface area contributed by atoms with Crippen LogP contribution in [-0.4, -0.2) is 53.8 Å². The minimum atomic E-state index is -0.742. The fraction of sp³-hybridized carbons (Fsp3) is 0.391. The predicted octanol–water partition coefficient (Wildman–Crippen LogP) is 3.65. The first-order valence-electron chi connectivity index (χ1n) is 11.1. The summed E-state index contributed by atoms with van der Waals surface area (Å²) >= 11 is 7.11. The van der Waals surface area contributed by atoms with Gasteiger partial charge in [0.15, 0.2) is 0 Å². The van der Waals surface area contributed by atoms with Crippen LogP contribution in [0.2, 0.25) is 4.34 Å². The van der Waals surface area contributed by atoms with Gasteiger partial charge in [0.2, 0.25) is 5.91 Å². The number of carbonyl (C=O) groups excluding carboxylic acids is 4. The fourth-order valence-electron chi connectivity index (χ4n) is 4.80. The highest BCUT2D eigenvalue weighted by molar-refractivity contribution is 7.18. The molecule has 0 unspecified atom stereocenters. The number of imide groups is 1. The number of amides is 5. The Kier molecular flexibility index (Phi) is 5.84. The molecule has 1 aromatic heterocycles. The van der Waals surface area contributed by atoms with Crippen molar-refractivity contribution in [1.82, 2.24) is 10.2 Å². The molecule has 10 heteroatoms. The number of nitrogens with zero attached hydrogens (tertiary/aromatic N) is 3. The molecule has 2 aromatic rings. The van der Waals surface area contributed by atoms with E-state index in [1.54, 1.807) is 46.2 Å². The summed E-state index contributed by atoms with van der Waals surface area (Å²) in [4.78, 5) is 56.3. The Balaban J connectivity index is 1.35. The number of urea groups is 1. The number of benzene rings is 1. The predicted molar refractivity (Wildman–Crippen MR) is 126 cm³/mol. The Morgan fingerprint density at radius 2 is 1.73 bits per heavy atom. The summed E-state index contributed by atoms with van der Waals surface area (Å²) in [6, 6.07) is 8.65.